The first-order valence-corrected chi connectivity index (χ1v) is 8.15. The Labute approximate surface area is 130 Å². The maximum Gasteiger partial charge on any atom is 0.143 e. The number of anilines is 1. The van der Waals surface area contributed by atoms with Crippen LogP contribution in [-0.2, 0) is 4.74 Å². The zero-order chi connectivity index (χ0) is 14.9. The molecule has 0 amide bonds. The monoisotopic (exact) mass is 301 g/mol. The average molecular weight is 301 g/mol. The van der Waals surface area contributed by atoms with E-state index in [1.165, 1.54) is 24.8 Å². The zero-order valence-electron chi connectivity index (χ0n) is 12.9. The molecule has 2 fully saturated rings. The lowest BCUT2D eigenvalue weighted by atomic mass is 10.1. The molecule has 3 heterocycles. The van der Waals surface area contributed by atoms with Gasteiger partial charge in [0.15, 0.2) is 0 Å². The molecule has 22 heavy (non-hydrogen) atoms. The first-order valence-electron chi connectivity index (χ1n) is 8.15. The maximum absolute atomic E-state index is 5.29. The lowest BCUT2D eigenvalue weighted by molar-refractivity contribution is 0.184. The van der Waals surface area contributed by atoms with Gasteiger partial charge in [0, 0.05) is 32.5 Å². The van der Waals surface area contributed by atoms with Crippen molar-refractivity contribution in [3.05, 3.63) is 18.1 Å². The van der Waals surface area contributed by atoms with Gasteiger partial charge in [0.1, 0.15) is 17.8 Å². The number of piperidine rings is 1. The minimum Gasteiger partial charge on any atom is -0.384 e. The number of nitrogens with zero attached hydrogens (tertiary/aromatic N) is 2. The highest BCUT2D eigenvalue weighted by molar-refractivity contribution is 5.91. The van der Waals surface area contributed by atoms with Crippen LogP contribution in [-0.4, -0.2) is 47.8 Å². The standard InChI is InChI=1S/C16H23N5O/c1-22-8-10-5-12(10)13-7-18-15-14(13)16(20-9-19-15)21-11-3-2-4-17-6-11/h7,9-12,17H,2-6,8H2,1H3,(H2,18,19,20,21). The highest BCUT2D eigenvalue weighted by Gasteiger charge is 2.40. The molecule has 4 rings (SSSR count). The molecule has 3 atom stereocenters. The highest BCUT2D eigenvalue weighted by atomic mass is 16.5. The van der Waals surface area contributed by atoms with Crippen LogP contribution >= 0.6 is 0 Å². The van der Waals surface area contributed by atoms with Crippen LogP contribution in [0.25, 0.3) is 11.0 Å². The summed E-state index contributed by atoms with van der Waals surface area (Å²) in [4.78, 5) is 12.2. The van der Waals surface area contributed by atoms with Gasteiger partial charge in [-0.2, -0.15) is 0 Å². The number of aromatic nitrogens is 3. The molecule has 2 aromatic heterocycles. The number of hydrogen-bond donors (Lipinski definition) is 3. The summed E-state index contributed by atoms with van der Waals surface area (Å²) in [6, 6.07) is 0.448. The Hall–Kier alpha value is -1.66. The third-order valence-electron chi connectivity index (χ3n) is 4.84. The van der Waals surface area contributed by atoms with Crippen LogP contribution in [0.2, 0.25) is 0 Å². The third-order valence-corrected chi connectivity index (χ3v) is 4.84. The van der Waals surface area contributed by atoms with E-state index in [2.05, 4.69) is 31.8 Å². The van der Waals surface area contributed by atoms with Gasteiger partial charge >= 0.3 is 0 Å². The van der Waals surface area contributed by atoms with Crippen molar-refractivity contribution in [2.45, 2.75) is 31.2 Å². The number of H-pyrrole nitrogens is 1. The van der Waals surface area contributed by atoms with E-state index in [4.69, 9.17) is 4.74 Å². The van der Waals surface area contributed by atoms with Crippen LogP contribution in [0.3, 0.4) is 0 Å². The number of methoxy groups -OCH3 is 1. The van der Waals surface area contributed by atoms with E-state index >= 15 is 0 Å². The average Bonchev–Trinajstić information content (AvgIpc) is 3.17. The van der Waals surface area contributed by atoms with Gasteiger partial charge in [0.25, 0.3) is 0 Å². The Kier molecular flexibility index (Phi) is 3.72. The molecule has 1 saturated carbocycles. The van der Waals surface area contributed by atoms with Crippen molar-refractivity contribution in [2.75, 3.05) is 32.1 Å². The number of hydrogen-bond acceptors (Lipinski definition) is 5. The summed E-state index contributed by atoms with van der Waals surface area (Å²) >= 11 is 0. The van der Waals surface area contributed by atoms with E-state index < -0.39 is 0 Å². The minimum absolute atomic E-state index is 0.448. The van der Waals surface area contributed by atoms with Gasteiger partial charge < -0.3 is 20.4 Å². The van der Waals surface area contributed by atoms with Crippen molar-refractivity contribution < 1.29 is 4.74 Å². The summed E-state index contributed by atoms with van der Waals surface area (Å²) in [5.41, 5.74) is 2.27. The van der Waals surface area contributed by atoms with E-state index in [1.807, 2.05) is 0 Å². The Morgan fingerprint density at radius 2 is 2.36 bits per heavy atom. The van der Waals surface area contributed by atoms with Crippen molar-refractivity contribution in [2.24, 2.45) is 5.92 Å². The second-order valence-corrected chi connectivity index (χ2v) is 6.44. The second kappa shape index (κ2) is 5.85. The van der Waals surface area contributed by atoms with Gasteiger partial charge in [0.2, 0.25) is 0 Å². The second-order valence-electron chi connectivity index (χ2n) is 6.44. The molecule has 1 aliphatic heterocycles. The molecule has 1 saturated heterocycles. The largest absolute Gasteiger partial charge is 0.384 e. The van der Waals surface area contributed by atoms with Gasteiger partial charge in [-0.1, -0.05) is 0 Å². The fourth-order valence-electron chi connectivity index (χ4n) is 3.58. The number of ether oxygens (including phenoxy) is 1. The van der Waals surface area contributed by atoms with E-state index in [-0.39, 0.29) is 0 Å². The van der Waals surface area contributed by atoms with Crippen molar-refractivity contribution >= 4 is 16.9 Å². The Morgan fingerprint density at radius 3 is 3.18 bits per heavy atom. The summed E-state index contributed by atoms with van der Waals surface area (Å²) in [5, 5.41) is 8.22. The molecule has 3 N–H and O–H groups in total. The fourth-order valence-corrected chi connectivity index (χ4v) is 3.58. The fraction of sp³-hybridized carbons (Fsp3) is 0.625. The van der Waals surface area contributed by atoms with Crippen LogP contribution < -0.4 is 10.6 Å². The SMILES string of the molecule is COCC1CC1c1c[nH]c2ncnc(NC3CCCNC3)c12. The smallest absolute Gasteiger partial charge is 0.143 e. The lowest BCUT2D eigenvalue weighted by Crippen LogP contribution is -2.38. The molecule has 3 unspecified atom stereocenters. The molecular formula is C16H23N5O. The van der Waals surface area contributed by atoms with E-state index in [9.17, 15) is 0 Å². The van der Waals surface area contributed by atoms with Crippen molar-refractivity contribution in [3.63, 3.8) is 0 Å². The first-order chi connectivity index (χ1) is 10.9. The van der Waals surface area contributed by atoms with Crippen LogP contribution in [0.4, 0.5) is 5.82 Å². The molecule has 6 heteroatoms. The summed E-state index contributed by atoms with van der Waals surface area (Å²) in [7, 11) is 1.77. The number of rotatable bonds is 5. The summed E-state index contributed by atoms with van der Waals surface area (Å²) in [5.74, 6) is 2.18. The van der Waals surface area contributed by atoms with Crippen LogP contribution in [0, 0.1) is 5.92 Å². The van der Waals surface area contributed by atoms with Crippen molar-refractivity contribution in [1.29, 1.82) is 0 Å². The normalized spacial score (nSPS) is 28.0. The van der Waals surface area contributed by atoms with Gasteiger partial charge in [-0.15, -0.1) is 0 Å². The van der Waals surface area contributed by atoms with Gasteiger partial charge in [-0.3, -0.25) is 0 Å². The molecule has 0 spiro atoms. The van der Waals surface area contributed by atoms with E-state index in [0.29, 0.717) is 17.9 Å². The first kappa shape index (κ1) is 14.0. The maximum atomic E-state index is 5.29. The molecule has 2 aromatic rings. The summed E-state index contributed by atoms with van der Waals surface area (Å²) < 4.78 is 5.29. The number of fused-ring (bicyclic) bond motifs is 1. The van der Waals surface area contributed by atoms with Crippen molar-refractivity contribution in [3.8, 4) is 0 Å². The predicted octanol–water partition coefficient (Wildman–Crippen LogP) is 1.87. The molecule has 0 aromatic carbocycles. The van der Waals surface area contributed by atoms with Crippen LogP contribution in [0.15, 0.2) is 12.5 Å². The lowest BCUT2D eigenvalue weighted by Gasteiger charge is -2.24. The minimum atomic E-state index is 0.448. The highest BCUT2D eigenvalue weighted by Crippen LogP contribution is 2.50. The Bertz CT molecular complexity index is 649. The molecule has 0 bridgehead atoms. The van der Waals surface area contributed by atoms with Crippen LogP contribution in [0.5, 0.6) is 0 Å². The van der Waals surface area contributed by atoms with Crippen LogP contribution in [0.1, 0.15) is 30.7 Å². The third kappa shape index (κ3) is 2.57. The molecule has 2 aliphatic rings. The Morgan fingerprint density at radius 1 is 1.41 bits per heavy atom. The Balaban J connectivity index is 1.62. The van der Waals surface area contributed by atoms with Gasteiger partial charge in [-0.25, -0.2) is 9.97 Å². The topological polar surface area (TPSA) is 74.9 Å². The number of nitrogens with one attached hydrogen (secondary N) is 3. The molecule has 1 aliphatic carbocycles. The van der Waals surface area contributed by atoms with Gasteiger partial charge in [-0.05, 0) is 43.2 Å². The zero-order valence-corrected chi connectivity index (χ0v) is 12.9. The van der Waals surface area contributed by atoms with Gasteiger partial charge in [0.05, 0.1) is 5.39 Å². The van der Waals surface area contributed by atoms with Crippen molar-refractivity contribution in [1.82, 2.24) is 20.3 Å². The quantitative estimate of drug-likeness (QED) is 0.786. The molecule has 6 nitrogen and oxygen atoms in total. The number of aromatic amines is 1. The molecular weight excluding hydrogens is 278 g/mol. The summed E-state index contributed by atoms with van der Waals surface area (Å²) in [6.07, 6.45) is 7.34. The van der Waals surface area contributed by atoms with E-state index in [0.717, 1.165) is 36.5 Å². The molecule has 118 valence electrons. The molecule has 0 radical (unpaired) electrons. The van der Waals surface area contributed by atoms with E-state index in [1.54, 1.807) is 13.4 Å². The predicted molar refractivity (Wildman–Crippen MR) is 86.1 cm³/mol. The summed E-state index contributed by atoms with van der Waals surface area (Å²) in [6.45, 7) is 2.95.